The number of hydrogen-bond donors (Lipinski definition) is 2. The third kappa shape index (κ3) is 3.71. The molecule has 0 amide bonds. The molecule has 0 bridgehead atoms. The van der Waals surface area contributed by atoms with Gasteiger partial charge in [-0.15, -0.1) is 6.58 Å². The molecule has 26 heavy (non-hydrogen) atoms. The largest absolute Gasteiger partial charge is 0.395 e. The van der Waals surface area contributed by atoms with E-state index in [1.807, 2.05) is 42.5 Å². The number of nitrogens with one attached hydrogen (secondary N) is 1. The average molecular weight is 350 g/mol. The van der Waals surface area contributed by atoms with Gasteiger partial charge in [0.25, 0.3) is 0 Å². The fourth-order valence-electron chi connectivity index (χ4n) is 3.26. The van der Waals surface area contributed by atoms with Crippen molar-refractivity contribution in [3.63, 3.8) is 0 Å². The first-order valence-corrected chi connectivity index (χ1v) is 9.07. The van der Waals surface area contributed by atoms with Crippen molar-refractivity contribution in [2.24, 2.45) is 5.92 Å². The van der Waals surface area contributed by atoms with Crippen LogP contribution in [0.3, 0.4) is 0 Å². The fraction of sp³-hybridized carbons (Fsp3) is 0.318. The molecular formula is C22H26N2O2. The Hall–Kier alpha value is -2.43. The number of hydrogen-bond acceptors (Lipinski definition) is 4. The molecule has 0 fully saturated rings. The third-order valence-corrected chi connectivity index (χ3v) is 4.79. The molecule has 3 aromatic rings. The molecule has 0 aliphatic heterocycles. The van der Waals surface area contributed by atoms with Crippen LogP contribution in [0.5, 0.6) is 0 Å². The molecule has 0 radical (unpaired) electrons. The van der Waals surface area contributed by atoms with Crippen LogP contribution in [0.2, 0.25) is 0 Å². The van der Waals surface area contributed by atoms with Crippen LogP contribution in [0.1, 0.15) is 31.9 Å². The summed E-state index contributed by atoms with van der Waals surface area (Å²) < 4.78 is 5.51. The van der Waals surface area contributed by atoms with Crippen LogP contribution in [0.25, 0.3) is 22.2 Å². The van der Waals surface area contributed by atoms with E-state index in [1.54, 1.807) is 0 Å². The summed E-state index contributed by atoms with van der Waals surface area (Å²) in [4.78, 5) is 0. The molecule has 0 aliphatic carbocycles. The van der Waals surface area contributed by atoms with Gasteiger partial charge in [-0.25, -0.2) is 0 Å². The van der Waals surface area contributed by atoms with E-state index in [2.05, 4.69) is 43.0 Å². The minimum Gasteiger partial charge on any atom is -0.395 e. The lowest BCUT2D eigenvalue weighted by Crippen LogP contribution is -2.39. The van der Waals surface area contributed by atoms with E-state index in [1.165, 1.54) is 0 Å². The van der Waals surface area contributed by atoms with Crippen LogP contribution in [-0.4, -0.2) is 22.9 Å². The molecular weight excluding hydrogens is 324 g/mol. The fourth-order valence-corrected chi connectivity index (χ4v) is 3.26. The van der Waals surface area contributed by atoms with Gasteiger partial charge in [0.2, 0.25) is 0 Å². The van der Waals surface area contributed by atoms with E-state index in [4.69, 9.17) is 4.52 Å². The molecule has 2 atom stereocenters. The summed E-state index contributed by atoms with van der Waals surface area (Å²) in [5.74, 6) is 0.326. The third-order valence-electron chi connectivity index (χ3n) is 4.79. The van der Waals surface area contributed by atoms with Gasteiger partial charge in [0.05, 0.1) is 6.61 Å². The molecule has 1 heterocycles. The highest BCUT2D eigenvalue weighted by Crippen LogP contribution is 2.34. The average Bonchev–Trinajstić information content (AvgIpc) is 3.09. The van der Waals surface area contributed by atoms with Gasteiger partial charge < -0.3 is 14.9 Å². The number of rotatable bonds is 8. The van der Waals surface area contributed by atoms with Crippen molar-refractivity contribution < 1.29 is 9.63 Å². The van der Waals surface area contributed by atoms with Gasteiger partial charge in [0.1, 0.15) is 5.69 Å². The van der Waals surface area contributed by atoms with Crippen LogP contribution in [-0.2, 0) is 0 Å². The Labute approximate surface area is 154 Å². The van der Waals surface area contributed by atoms with Crippen molar-refractivity contribution in [1.82, 2.24) is 10.5 Å². The van der Waals surface area contributed by atoms with Crippen LogP contribution < -0.4 is 5.32 Å². The maximum Gasteiger partial charge on any atom is 0.167 e. The van der Waals surface area contributed by atoms with Crippen molar-refractivity contribution in [3.8, 4) is 11.3 Å². The first-order valence-electron chi connectivity index (χ1n) is 9.07. The number of aromatic nitrogens is 1. The van der Waals surface area contributed by atoms with Crippen LogP contribution >= 0.6 is 0 Å². The Morgan fingerprint density at radius 3 is 2.62 bits per heavy atom. The highest BCUT2D eigenvalue weighted by molar-refractivity contribution is 5.92. The predicted octanol–water partition coefficient (Wildman–Crippen LogP) is 4.72. The first-order chi connectivity index (χ1) is 12.7. The Kier molecular flexibility index (Phi) is 5.86. The molecule has 0 spiro atoms. The number of aliphatic hydroxyl groups excluding tert-OH is 1. The Balaban J connectivity index is 2.05. The number of nitrogens with zero attached hydrogens (tertiary/aromatic N) is 1. The zero-order chi connectivity index (χ0) is 18.5. The van der Waals surface area contributed by atoms with E-state index in [0.717, 1.165) is 34.2 Å². The Morgan fingerprint density at radius 1 is 1.15 bits per heavy atom. The second-order valence-electron chi connectivity index (χ2n) is 6.89. The van der Waals surface area contributed by atoms with Gasteiger partial charge in [-0.1, -0.05) is 61.5 Å². The number of benzene rings is 2. The van der Waals surface area contributed by atoms with E-state index in [-0.39, 0.29) is 18.7 Å². The van der Waals surface area contributed by atoms with Gasteiger partial charge >= 0.3 is 0 Å². The predicted molar refractivity (Wildman–Crippen MR) is 106 cm³/mol. The number of fused-ring (bicyclic) bond motifs is 1. The molecule has 0 aliphatic rings. The van der Waals surface area contributed by atoms with E-state index in [0.29, 0.717) is 5.92 Å². The molecule has 4 nitrogen and oxygen atoms in total. The van der Waals surface area contributed by atoms with Gasteiger partial charge in [0.15, 0.2) is 5.58 Å². The second-order valence-corrected chi connectivity index (χ2v) is 6.89. The molecule has 0 saturated heterocycles. The van der Waals surface area contributed by atoms with E-state index >= 15 is 0 Å². The zero-order valence-corrected chi connectivity index (χ0v) is 15.4. The summed E-state index contributed by atoms with van der Waals surface area (Å²) in [5, 5.41) is 18.7. The van der Waals surface area contributed by atoms with Crippen molar-refractivity contribution in [2.45, 2.75) is 32.4 Å². The minimum absolute atomic E-state index is 0.0158. The maximum absolute atomic E-state index is 9.74. The van der Waals surface area contributed by atoms with Crippen molar-refractivity contribution in [3.05, 3.63) is 66.7 Å². The lowest BCUT2D eigenvalue weighted by atomic mass is 9.93. The van der Waals surface area contributed by atoms with Gasteiger partial charge in [0, 0.05) is 23.0 Å². The standard InChI is InChI=1S/C22H26N2O2/c1-4-9-19(23-20(14-25)15(2)3)16-10-5-6-11-17(16)22-18-12-7-8-13-21(18)26-24-22/h4-8,10-13,15,19-20,23,25H,1,9,14H2,2-3H3/t19-,20-/m0/s1. The minimum atomic E-state index is 0.0158. The van der Waals surface area contributed by atoms with Crippen molar-refractivity contribution >= 4 is 11.0 Å². The van der Waals surface area contributed by atoms with Gasteiger partial charge in [-0.05, 0) is 30.0 Å². The van der Waals surface area contributed by atoms with Crippen LogP contribution in [0, 0.1) is 5.92 Å². The number of para-hydroxylation sites is 1. The maximum atomic E-state index is 9.74. The lowest BCUT2D eigenvalue weighted by Gasteiger charge is -2.28. The van der Waals surface area contributed by atoms with Gasteiger partial charge in [-0.2, -0.15) is 0 Å². The van der Waals surface area contributed by atoms with Crippen LogP contribution in [0.4, 0.5) is 0 Å². The molecule has 4 heteroatoms. The smallest absolute Gasteiger partial charge is 0.167 e. The molecule has 2 N–H and O–H groups in total. The highest BCUT2D eigenvalue weighted by atomic mass is 16.5. The summed E-state index contributed by atoms with van der Waals surface area (Å²) in [7, 11) is 0. The van der Waals surface area contributed by atoms with Crippen molar-refractivity contribution in [1.29, 1.82) is 0 Å². The quantitative estimate of drug-likeness (QED) is 0.577. The van der Waals surface area contributed by atoms with Crippen LogP contribution in [0.15, 0.2) is 65.7 Å². The SMILES string of the molecule is C=CC[C@H](N[C@@H](CO)C(C)C)c1ccccc1-c1noc2ccccc12. The molecule has 1 aromatic heterocycles. The topological polar surface area (TPSA) is 58.3 Å². The summed E-state index contributed by atoms with van der Waals surface area (Å²) in [6, 6.07) is 16.2. The molecule has 3 rings (SSSR count). The summed E-state index contributed by atoms with van der Waals surface area (Å²) in [6.07, 6.45) is 2.67. The summed E-state index contributed by atoms with van der Waals surface area (Å²) >= 11 is 0. The number of aliphatic hydroxyl groups is 1. The summed E-state index contributed by atoms with van der Waals surface area (Å²) in [6.45, 7) is 8.22. The Bertz CT molecular complexity index is 869. The normalized spacial score (nSPS) is 13.8. The molecule has 2 aromatic carbocycles. The monoisotopic (exact) mass is 350 g/mol. The van der Waals surface area contributed by atoms with E-state index < -0.39 is 0 Å². The molecule has 136 valence electrons. The Morgan fingerprint density at radius 2 is 1.88 bits per heavy atom. The van der Waals surface area contributed by atoms with Gasteiger partial charge in [-0.3, -0.25) is 0 Å². The summed E-state index contributed by atoms with van der Waals surface area (Å²) in [5.41, 5.74) is 3.79. The van der Waals surface area contributed by atoms with Crippen molar-refractivity contribution in [2.75, 3.05) is 6.61 Å². The first kappa shape index (κ1) is 18.4. The molecule has 0 unspecified atom stereocenters. The van der Waals surface area contributed by atoms with E-state index in [9.17, 15) is 5.11 Å². The highest BCUT2D eigenvalue weighted by Gasteiger charge is 2.22. The molecule has 0 saturated carbocycles. The lowest BCUT2D eigenvalue weighted by molar-refractivity contribution is 0.199. The second kappa shape index (κ2) is 8.30. The zero-order valence-electron chi connectivity index (χ0n) is 15.4.